The third-order valence-electron chi connectivity index (χ3n) is 2.93. The van der Waals surface area contributed by atoms with Gasteiger partial charge in [-0.1, -0.05) is 6.07 Å². The van der Waals surface area contributed by atoms with Crippen LogP contribution in [0.2, 0.25) is 0 Å². The molecule has 2 amide bonds. The predicted octanol–water partition coefficient (Wildman–Crippen LogP) is 3.15. The molecule has 2 N–H and O–H groups in total. The molecule has 0 atom stereocenters. The van der Waals surface area contributed by atoms with Crippen LogP contribution in [0.1, 0.15) is 11.1 Å². The van der Waals surface area contributed by atoms with Gasteiger partial charge in [0.1, 0.15) is 0 Å². The van der Waals surface area contributed by atoms with E-state index < -0.39 is 23.6 Å². The molecule has 0 aliphatic carbocycles. The highest BCUT2D eigenvalue weighted by molar-refractivity contribution is 6.43. The van der Waals surface area contributed by atoms with Gasteiger partial charge in [-0.3, -0.25) is 9.59 Å². The van der Waals surface area contributed by atoms with Crippen LogP contribution in [0, 0.1) is 11.3 Å². The Labute approximate surface area is 134 Å². The zero-order valence-corrected chi connectivity index (χ0v) is 12.0. The van der Waals surface area contributed by atoms with Gasteiger partial charge in [-0.2, -0.15) is 18.4 Å². The average Bonchev–Trinajstić information content (AvgIpc) is 2.54. The van der Waals surface area contributed by atoms with Gasteiger partial charge in [0, 0.05) is 11.4 Å². The minimum absolute atomic E-state index is 0.0499. The highest BCUT2D eigenvalue weighted by Gasteiger charge is 2.30. The smallest absolute Gasteiger partial charge is 0.318 e. The van der Waals surface area contributed by atoms with E-state index in [1.54, 1.807) is 0 Å². The minimum atomic E-state index is -4.48. The van der Waals surface area contributed by atoms with Crippen LogP contribution in [0.5, 0.6) is 0 Å². The molecule has 0 saturated heterocycles. The lowest BCUT2D eigenvalue weighted by atomic mass is 10.2. The largest absolute Gasteiger partial charge is 0.416 e. The molecule has 0 bridgehead atoms. The number of amides is 2. The molecule has 0 radical (unpaired) electrons. The first-order chi connectivity index (χ1) is 11.3. The molecule has 0 unspecified atom stereocenters. The van der Waals surface area contributed by atoms with Gasteiger partial charge in [-0.25, -0.2) is 0 Å². The lowest BCUT2D eigenvalue weighted by Gasteiger charge is -2.09. The van der Waals surface area contributed by atoms with E-state index in [2.05, 4.69) is 10.6 Å². The van der Waals surface area contributed by atoms with Gasteiger partial charge in [0.25, 0.3) is 0 Å². The number of halogens is 3. The van der Waals surface area contributed by atoms with Crippen LogP contribution in [0.25, 0.3) is 0 Å². The molecule has 2 rings (SSSR count). The Morgan fingerprint density at radius 1 is 0.917 bits per heavy atom. The maximum absolute atomic E-state index is 12.4. The number of hydrogen-bond donors (Lipinski definition) is 2. The number of carbonyl (C=O) groups excluding carboxylic acids is 2. The number of rotatable bonds is 2. The molecule has 0 aliphatic rings. The monoisotopic (exact) mass is 333 g/mol. The Bertz CT molecular complexity index is 809. The van der Waals surface area contributed by atoms with Crippen LogP contribution in [0.3, 0.4) is 0 Å². The van der Waals surface area contributed by atoms with Crippen molar-refractivity contribution < 1.29 is 22.8 Å². The molecule has 122 valence electrons. The van der Waals surface area contributed by atoms with Crippen LogP contribution in [0.4, 0.5) is 24.5 Å². The fourth-order valence-corrected chi connectivity index (χ4v) is 1.78. The molecule has 5 nitrogen and oxygen atoms in total. The van der Waals surface area contributed by atoms with Crippen molar-refractivity contribution in [3.63, 3.8) is 0 Å². The summed E-state index contributed by atoms with van der Waals surface area (Å²) in [6, 6.07) is 11.5. The number of nitrogens with zero attached hydrogens (tertiary/aromatic N) is 1. The van der Waals surface area contributed by atoms with Gasteiger partial charge in [0.05, 0.1) is 17.2 Å². The summed E-state index contributed by atoms with van der Waals surface area (Å²) in [7, 11) is 0. The average molecular weight is 333 g/mol. The van der Waals surface area contributed by atoms with Crippen molar-refractivity contribution in [3.8, 4) is 6.07 Å². The van der Waals surface area contributed by atoms with E-state index in [1.807, 2.05) is 6.07 Å². The highest BCUT2D eigenvalue weighted by Crippen LogP contribution is 2.29. The summed E-state index contributed by atoms with van der Waals surface area (Å²) in [4.78, 5) is 23.5. The second-order valence-electron chi connectivity index (χ2n) is 4.68. The van der Waals surface area contributed by atoms with Crippen LogP contribution < -0.4 is 10.6 Å². The Morgan fingerprint density at radius 3 is 2.04 bits per heavy atom. The number of carbonyl (C=O) groups is 2. The van der Waals surface area contributed by atoms with Crippen molar-refractivity contribution in [1.29, 1.82) is 5.26 Å². The van der Waals surface area contributed by atoms with Gasteiger partial charge in [0.2, 0.25) is 0 Å². The number of nitrogens with one attached hydrogen (secondary N) is 2. The second-order valence-corrected chi connectivity index (χ2v) is 4.68. The van der Waals surface area contributed by atoms with Crippen molar-refractivity contribution in [2.75, 3.05) is 10.6 Å². The molecule has 24 heavy (non-hydrogen) atoms. The third kappa shape index (κ3) is 4.33. The van der Waals surface area contributed by atoms with E-state index in [9.17, 15) is 22.8 Å². The molecule has 0 heterocycles. The molecule has 0 aliphatic heterocycles. The fourth-order valence-electron chi connectivity index (χ4n) is 1.78. The molecule has 2 aromatic rings. The third-order valence-corrected chi connectivity index (χ3v) is 2.93. The second kappa shape index (κ2) is 6.83. The van der Waals surface area contributed by atoms with Crippen LogP contribution >= 0.6 is 0 Å². The first kappa shape index (κ1) is 17.0. The molecular weight excluding hydrogens is 323 g/mol. The zero-order valence-electron chi connectivity index (χ0n) is 12.0. The van der Waals surface area contributed by atoms with Gasteiger partial charge in [-0.05, 0) is 42.5 Å². The summed E-state index contributed by atoms with van der Waals surface area (Å²) in [6.45, 7) is 0. The topological polar surface area (TPSA) is 82.0 Å². The first-order valence-corrected chi connectivity index (χ1v) is 6.59. The standard InChI is InChI=1S/C16H10F3N3O2/c17-16(18,19)11-4-6-12(7-5-11)21-14(23)15(24)22-13-3-1-2-10(8-13)9-20/h1-8H,(H,21,23)(H,22,24). The molecule has 0 aromatic heterocycles. The molecule has 8 heteroatoms. The van der Waals surface area contributed by atoms with Gasteiger partial charge < -0.3 is 10.6 Å². The van der Waals surface area contributed by atoms with Gasteiger partial charge in [-0.15, -0.1) is 0 Å². The summed E-state index contributed by atoms with van der Waals surface area (Å²) in [5, 5.41) is 13.2. The lowest BCUT2D eigenvalue weighted by Crippen LogP contribution is -2.29. The van der Waals surface area contributed by atoms with Crippen molar-refractivity contribution >= 4 is 23.2 Å². The van der Waals surface area contributed by atoms with Gasteiger partial charge >= 0.3 is 18.0 Å². The Kier molecular flexibility index (Phi) is 4.84. The maximum atomic E-state index is 12.4. The van der Waals surface area contributed by atoms with E-state index >= 15 is 0 Å². The number of hydrogen-bond acceptors (Lipinski definition) is 3. The molecule has 0 spiro atoms. The predicted molar refractivity (Wildman–Crippen MR) is 79.9 cm³/mol. The van der Waals surface area contributed by atoms with Crippen LogP contribution in [-0.2, 0) is 15.8 Å². The van der Waals surface area contributed by atoms with E-state index in [0.29, 0.717) is 5.56 Å². The number of nitriles is 1. The van der Waals surface area contributed by atoms with Crippen LogP contribution in [-0.4, -0.2) is 11.8 Å². The minimum Gasteiger partial charge on any atom is -0.318 e. The molecular formula is C16H10F3N3O2. The van der Waals surface area contributed by atoms with Gasteiger partial charge in [0.15, 0.2) is 0 Å². The summed E-state index contributed by atoms with van der Waals surface area (Å²) in [5.41, 5.74) is -0.259. The number of benzene rings is 2. The molecule has 0 saturated carbocycles. The van der Waals surface area contributed by atoms with Crippen molar-refractivity contribution in [3.05, 3.63) is 59.7 Å². The van der Waals surface area contributed by atoms with E-state index in [4.69, 9.17) is 5.26 Å². The summed E-state index contributed by atoms with van der Waals surface area (Å²) in [6.07, 6.45) is -4.48. The van der Waals surface area contributed by atoms with E-state index in [0.717, 1.165) is 24.3 Å². The Morgan fingerprint density at radius 2 is 1.50 bits per heavy atom. The Balaban J connectivity index is 2.01. The summed E-state index contributed by atoms with van der Waals surface area (Å²) >= 11 is 0. The fraction of sp³-hybridized carbons (Fsp3) is 0.0625. The van der Waals surface area contributed by atoms with Crippen molar-refractivity contribution in [2.45, 2.75) is 6.18 Å². The first-order valence-electron chi connectivity index (χ1n) is 6.59. The van der Waals surface area contributed by atoms with E-state index in [-0.39, 0.29) is 11.4 Å². The van der Waals surface area contributed by atoms with Crippen molar-refractivity contribution in [2.24, 2.45) is 0 Å². The maximum Gasteiger partial charge on any atom is 0.416 e. The van der Waals surface area contributed by atoms with Crippen LogP contribution in [0.15, 0.2) is 48.5 Å². The van der Waals surface area contributed by atoms with Crippen molar-refractivity contribution in [1.82, 2.24) is 0 Å². The normalized spacial score (nSPS) is 10.6. The highest BCUT2D eigenvalue weighted by atomic mass is 19.4. The van der Waals surface area contributed by atoms with E-state index in [1.165, 1.54) is 24.3 Å². The lowest BCUT2D eigenvalue weighted by molar-refractivity contribution is -0.137. The zero-order chi connectivity index (χ0) is 17.7. The SMILES string of the molecule is N#Cc1cccc(NC(=O)C(=O)Nc2ccc(C(F)(F)F)cc2)c1. The Hall–Kier alpha value is -3.34. The quantitative estimate of drug-likeness (QED) is 0.828. The summed E-state index contributed by atoms with van der Waals surface area (Å²) < 4.78 is 37.3. The molecule has 2 aromatic carbocycles. The molecule has 0 fully saturated rings. The number of alkyl halides is 3. The summed E-state index contributed by atoms with van der Waals surface area (Å²) in [5.74, 6) is -2.05. The number of anilines is 2.